The van der Waals surface area contributed by atoms with Gasteiger partial charge in [0.25, 0.3) is 0 Å². The summed E-state index contributed by atoms with van der Waals surface area (Å²) in [5.74, 6) is 2.48. The topological polar surface area (TPSA) is 105 Å². The summed E-state index contributed by atoms with van der Waals surface area (Å²) >= 11 is 1.61. The molecule has 1 aromatic carbocycles. The molecule has 4 N–H and O–H groups in total. The van der Waals surface area contributed by atoms with Gasteiger partial charge in [-0.2, -0.15) is 5.10 Å². The molecule has 0 atom stereocenters. The third kappa shape index (κ3) is 3.52. The van der Waals surface area contributed by atoms with E-state index in [9.17, 15) is 0 Å². The van der Waals surface area contributed by atoms with Crippen molar-refractivity contribution in [3.8, 4) is 0 Å². The fourth-order valence-corrected chi connectivity index (χ4v) is 2.72. The molecule has 0 aliphatic heterocycles. The second-order valence-corrected chi connectivity index (χ2v) is 5.69. The second-order valence-electron chi connectivity index (χ2n) is 4.61. The molecule has 0 fully saturated rings. The molecule has 0 aliphatic rings. The van der Waals surface area contributed by atoms with Gasteiger partial charge < -0.3 is 11.1 Å². The molecule has 0 bridgehead atoms. The highest BCUT2D eigenvalue weighted by Gasteiger charge is 2.07. The first-order chi connectivity index (χ1) is 10.9. The Hall–Kier alpha value is -2.19. The van der Waals surface area contributed by atoms with E-state index in [2.05, 4.69) is 30.5 Å². The molecule has 0 saturated heterocycles. The fourth-order valence-electron chi connectivity index (χ4n) is 2.08. The van der Waals surface area contributed by atoms with Crippen LogP contribution >= 0.6 is 11.8 Å². The maximum absolute atomic E-state index is 5.61. The van der Waals surface area contributed by atoms with E-state index in [4.69, 9.17) is 5.73 Å². The number of nitrogens with one attached hydrogen (secondary N) is 2. The molecule has 0 amide bonds. The Labute approximate surface area is 132 Å². The van der Waals surface area contributed by atoms with E-state index in [1.165, 1.54) is 6.33 Å². The minimum absolute atomic E-state index is 0.541. The standard InChI is InChI=1S/C14H17N7S/c15-6-5-12-19-11-4-2-1-3-10(11)13(20-12)16-7-8-22-14-17-9-18-21-14/h1-4,9H,5-8,15H2,(H,16,19,20)(H,17,18,21). The van der Waals surface area contributed by atoms with Crippen LogP contribution < -0.4 is 11.1 Å². The number of hydrogen-bond donors (Lipinski definition) is 3. The van der Waals surface area contributed by atoms with Crippen LogP contribution in [0.5, 0.6) is 0 Å². The lowest BCUT2D eigenvalue weighted by atomic mass is 10.2. The molecule has 7 nitrogen and oxygen atoms in total. The molecule has 3 rings (SSSR count). The average molecular weight is 315 g/mol. The summed E-state index contributed by atoms with van der Waals surface area (Å²) in [6.07, 6.45) is 2.18. The van der Waals surface area contributed by atoms with Crippen LogP contribution in [0, 0.1) is 0 Å². The molecular weight excluding hydrogens is 298 g/mol. The van der Waals surface area contributed by atoms with Gasteiger partial charge in [-0.25, -0.2) is 15.0 Å². The van der Waals surface area contributed by atoms with Gasteiger partial charge in [0.1, 0.15) is 18.0 Å². The second kappa shape index (κ2) is 7.19. The quantitative estimate of drug-likeness (QED) is 0.447. The number of fused-ring (bicyclic) bond motifs is 1. The molecule has 22 heavy (non-hydrogen) atoms. The summed E-state index contributed by atoms with van der Waals surface area (Å²) in [4.78, 5) is 13.2. The number of thioether (sulfide) groups is 1. The van der Waals surface area contributed by atoms with Gasteiger partial charge in [0.2, 0.25) is 0 Å². The summed E-state index contributed by atoms with van der Waals surface area (Å²) in [5, 5.41) is 11.9. The summed E-state index contributed by atoms with van der Waals surface area (Å²) in [7, 11) is 0. The molecule has 0 aliphatic carbocycles. The Kier molecular flexibility index (Phi) is 4.81. The summed E-state index contributed by atoms with van der Waals surface area (Å²) in [6.45, 7) is 1.31. The van der Waals surface area contributed by atoms with Crippen molar-refractivity contribution in [1.82, 2.24) is 25.1 Å². The van der Waals surface area contributed by atoms with E-state index < -0.39 is 0 Å². The van der Waals surface area contributed by atoms with Crippen LogP contribution in [0.25, 0.3) is 10.9 Å². The molecule has 0 radical (unpaired) electrons. The molecule has 114 valence electrons. The number of nitrogens with zero attached hydrogens (tertiary/aromatic N) is 4. The molecule has 2 aromatic heterocycles. The Balaban J connectivity index is 1.71. The lowest BCUT2D eigenvalue weighted by molar-refractivity contribution is 0.879. The van der Waals surface area contributed by atoms with Crippen molar-refractivity contribution >= 4 is 28.5 Å². The van der Waals surface area contributed by atoms with Gasteiger partial charge in [-0.1, -0.05) is 23.9 Å². The third-order valence-corrected chi connectivity index (χ3v) is 3.92. The Morgan fingerprint density at radius 3 is 2.95 bits per heavy atom. The number of nitrogens with two attached hydrogens (primary N) is 1. The van der Waals surface area contributed by atoms with E-state index in [0.29, 0.717) is 13.0 Å². The molecule has 2 heterocycles. The number of H-pyrrole nitrogens is 1. The van der Waals surface area contributed by atoms with Crippen LogP contribution in [0.2, 0.25) is 0 Å². The normalized spacial score (nSPS) is 11.0. The fraction of sp³-hybridized carbons (Fsp3) is 0.286. The summed E-state index contributed by atoms with van der Waals surface area (Å²) < 4.78 is 0. The predicted molar refractivity (Wildman–Crippen MR) is 87.9 cm³/mol. The average Bonchev–Trinajstić information content (AvgIpc) is 3.05. The first-order valence-corrected chi connectivity index (χ1v) is 8.03. The zero-order chi connectivity index (χ0) is 15.2. The van der Waals surface area contributed by atoms with E-state index >= 15 is 0 Å². The monoisotopic (exact) mass is 315 g/mol. The Bertz CT molecular complexity index is 729. The highest BCUT2D eigenvalue weighted by atomic mass is 32.2. The predicted octanol–water partition coefficient (Wildman–Crippen LogP) is 1.45. The Morgan fingerprint density at radius 1 is 1.23 bits per heavy atom. The van der Waals surface area contributed by atoms with Gasteiger partial charge in [-0.3, -0.25) is 5.10 Å². The van der Waals surface area contributed by atoms with Crippen LogP contribution in [0.4, 0.5) is 5.82 Å². The molecule has 0 unspecified atom stereocenters. The lowest BCUT2D eigenvalue weighted by Crippen LogP contribution is -2.11. The molecule has 3 aromatic rings. The van der Waals surface area contributed by atoms with Gasteiger partial charge in [-0.05, 0) is 18.7 Å². The number of hydrogen-bond acceptors (Lipinski definition) is 7. The maximum Gasteiger partial charge on any atom is 0.183 e. The van der Waals surface area contributed by atoms with Crippen molar-refractivity contribution in [2.45, 2.75) is 11.6 Å². The van der Waals surface area contributed by atoms with Gasteiger partial charge in [0.05, 0.1) is 5.52 Å². The van der Waals surface area contributed by atoms with E-state index in [0.717, 1.165) is 40.0 Å². The maximum atomic E-state index is 5.61. The number of rotatable bonds is 7. The number of para-hydroxylation sites is 1. The van der Waals surface area contributed by atoms with Gasteiger partial charge >= 0.3 is 0 Å². The SMILES string of the molecule is NCCc1nc(NCCSc2ncn[nH]2)c2ccccc2n1. The third-order valence-electron chi connectivity index (χ3n) is 3.04. The largest absolute Gasteiger partial charge is 0.369 e. The first-order valence-electron chi connectivity index (χ1n) is 7.04. The van der Waals surface area contributed by atoms with E-state index in [1.807, 2.05) is 24.3 Å². The molecule has 8 heteroatoms. The van der Waals surface area contributed by atoms with Gasteiger partial charge in [0.15, 0.2) is 5.16 Å². The van der Waals surface area contributed by atoms with Gasteiger partial charge in [0, 0.05) is 24.1 Å². The van der Waals surface area contributed by atoms with Crippen LogP contribution in [0.15, 0.2) is 35.7 Å². The lowest BCUT2D eigenvalue weighted by Gasteiger charge is -2.10. The highest BCUT2D eigenvalue weighted by molar-refractivity contribution is 7.99. The van der Waals surface area contributed by atoms with Crippen LogP contribution in [0.1, 0.15) is 5.82 Å². The van der Waals surface area contributed by atoms with Crippen molar-refractivity contribution in [2.24, 2.45) is 5.73 Å². The van der Waals surface area contributed by atoms with Crippen molar-refractivity contribution in [3.63, 3.8) is 0 Å². The number of aromatic nitrogens is 5. The zero-order valence-corrected chi connectivity index (χ0v) is 12.8. The van der Waals surface area contributed by atoms with E-state index in [-0.39, 0.29) is 0 Å². The van der Waals surface area contributed by atoms with Crippen molar-refractivity contribution in [1.29, 1.82) is 0 Å². The number of benzene rings is 1. The van der Waals surface area contributed by atoms with Crippen LogP contribution in [-0.2, 0) is 6.42 Å². The van der Waals surface area contributed by atoms with Crippen molar-refractivity contribution in [2.75, 3.05) is 24.2 Å². The van der Waals surface area contributed by atoms with Gasteiger partial charge in [-0.15, -0.1) is 0 Å². The van der Waals surface area contributed by atoms with Crippen molar-refractivity contribution in [3.05, 3.63) is 36.4 Å². The highest BCUT2D eigenvalue weighted by Crippen LogP contribution is 2.20. The van der Waals surface area contributed by atoms with Crippen LogP contribution in [0.3, 0.4) is 0 Å². The number of aromatic amines is 1. The minimum atomic E-state index is 0.541. The van der Waals surface area contributed by atoms with Crippen molar-refractivity contribution < 1.29 is 0 Å². The molecular formula is C14H17N7S. The number of anilines is 1. The smallest absolute Gasteiger partial charge is 0.183 e. The zero-order valence-electron chi connectivity index (χ0n) is 12.0. The van der Waals surface area contributed by atoms with E-state index in [1.54, 1.807) is 11.8 Å². The molecule has 0 spiro atoms. The molecule has 0 saturated carbocycles. The summed E-state index contributed by atoms with van der Waals surface area (Å²) in [5.41, 5.74) is 6.55. The minimum Gasteiger partial charge on any atom is -0.369 e. The first kappa shape index (κ1) is 14.7. The van der Waals surface area contributed by atoms with Crippen LogP contribution in [-0.4, -0.2) is 44.0 Å². The Morgan fingerprint density at radius 2 is 2.14 bits per heavy atom. The summed E-state index contributed by atoms with van der Waals surface area (Å²) in [6, 6.07) is 7.98.